The second-order valence-electron chi connectivity index (χ2n) is 2.38. The third-order valence-electron chi connectivity index (χ3n) is 1.55. The molecule has 0 aliphatic heterocycles. The fraction of sp³-hybridized carbons (Fsp3) is 0.182. The Labute approximate surface area is 73.4 Å². The molecule has 0 saturated heterocycles. The Morgan fingerprint density at radius 1 is 1.50 bits per heavy atom. The van der Waals surface area contributed by atoms with E-state index in [1.807, 2.05) is 24.3 Å². The van der Waals surface area contributed by atoms with Crippen molar-refractivity contribution in [3.63, 3.8) is 0 Å². The summed E-state index contributed by atoms with van der Waals surface area (Å²) in [5.41, 5.74) is 1.16. The first-order valence-electron chi connectivity index (χ1n) is 3.74. The van der Waals surface area contributed by atoms with Crippen molar-refractivity contribution in [2.75, 3.05) is 7.11 Å². The van der Waals surface area contributed by atoms with Crippen molar-refractivity contribution in [2.45, 2.75) is 6.42 Å². The molecule has 0 saturated carbocycles. The van der Waals surface area contributed by atoms with Crippen molar-refractivity contribution in [1.82, 2.24) is 0 Å². The summed E-state index contributed by atoms with van der Waals surface area (Å²) in [5, 5.41) is 0. The summed E-state index contributed by atoms with van der Waals surface area (Å²) < 4.78 is 5.07. The SMILES string of the molecule is [CH2]C#CCc1cccc(OC)c1. The van der Waals surface area contributed by atoms with Crippen LogP contribution >= 0.6 is 0 Å². The molecule has 0 bridgehead atoms. The summed E-state index contributed by atoms with van der Waals surface area (Å²) >= 11 is 0. The molecule has 1 aromatic carbocycles. The zero-order valence-electron chi connectivity index (χ0n) is 7.13. The molecule has 12 heavy (non-hydrogen) atoms. The minimum Gasteiger partial charge on any atom is -0.497 e. The summed E-state index contributed by atoms with van der Waals surface area (Å²) in [7, 11) is 1.66. The Bertz CT molecular complexity index is 304. The Kier molecular flexibility index (Phi) is 3.22. The van der Waals surface area contributed by atoms with Crippen molar-refractivity contribution in [1.29, 1.82) is 0 Å². The van der Waals surface area contributed by atoms with Gasteiger partial charge in [-0.25, -0.2) is 0 Å². The molecule has 0 unspecified atom stereocenters. The van der Waals surface area contributed by atoms with Gasteiger partial charge in [-0.1, -0.05) is 18.1 Å². The molecule has 1 nitrogen and oxygen atoms in total. The third kappa shape index (κ3) is 2.32. The summed E-state index contributed by atoms with van der Waals surface area (Å²) in [4.78, 5) is 0. The Morgan fingerprint density at radius 2 is 2.33 bits per heavy atom. The summed E-state index contributed by atoms with van der Waals surface area (Å²) in [6, 6.07) is 7.87. The lowest BCUT2D eigenvalue weighted by Crippen LogP contribution is -1.85. The summed E-state index contributed by atoms with van der Waals surface area (Å²) in [5.74, 6) is 6.39. The molecule has 0 aliphatic rings. The second kappa shape index (κ2) is 4.46. The lowest BCUT2D eigenvalue weighted by Gasteiger charge is -2.00. The average Bonchev–Trinajstić information content (AvgIpc) is 2.15. The van der Waals surface area contributed by atoms with Gasteiger partial charge in [0.2, 0.25) is 0 Å². The molecule has 0 atom stereocenters. The van der Waals surface area contributed by atoms with Crippen molar-refractivity contribution >= 4 is 0 Å². The number of hydrogen-bond acceptors (Lipinski definition) is 1. The first kappa shape index (κ1) is 8.67. The number of rotatable bonds is 2. The van der Waals surface area contributed by atoms with Crippen LogP contribution < -0.4 is 4.74 Å². The predicted molar refractivity (Wildman–Crippen MR) is 49.8 cm³/mol. The highest BCUT2D eigenvalue weighted by Gasteiger charge is 1.92. The third-order valence-corrected chi connectivity index (χ3v) is 1.55. The molecule has 0 fully saturated rings. The van der Waals surface area contributed by atoms with Gasteiger partial charge in [-0.2, -0.15) is 0 Å². The van der Waals surface area contributed by atoms with E-state index >= 15 is 0 Å². The van der Waals surface area contributed by atoms with Gasteiger partial charge in [0.1, 0.15) is 5.75 Å². The topological polar surface area (TPSA) is 9.23 Å². The van der Waals surface area contributed by atoms with Gasteiger partial charge in [-0.15, -0.1) is 5.92 Å². The fourth-order valence-corrected chi connectivity index (χ4v) is 0.947. The molecule has 0 aliphatic carbocycles. The standard InChI is InChI=1S/C11H11O/c1-3-4-6-10-7-5-8-11(9-10)12-2/h5,7-9H,1,6H2,2H3. The first-order valence-corrected chi connectivity index (χ1v) is 3.74. The van der Waals surface area contributed by atoms with Gasteiger partial charge in [0.05, 0.1) is 7.11 Å². The Balaban J connectivity index is 2.77. The molecule has 0 aromatic heterocycles. The lowest BCUT2D eigenvalue weighted by molar-refractivity contribution is 0.414. The number of methoxy groups -OCH3 is 1. The lowest BCUT2D eigenvalue weighted by atomic mass is 10.1. The molecular weight excluding hydrogens is 148 g/mol. The highest BCUT2D eigenvalue weighted by atomic mass is 16.5. The molecule has 0 amide bonds. The van der Waals surface area contributed by atoms with Crippen LogP contribution in [0, 0.1) is 18.8 Å². The van der Waals surface area contributed by atoms with Gasteiger partial charge in [0.25, 0.3) is 0 Å². The van der Waals surface area contributed by atoms with Crippen molar-refractivity contribution in [3.05, 3.63) is 36.8 Å². The zero-order valence-corrected chi connectivity index (χ0v) is 7.13. The van der Waals surface area contributed by atoms with Crippen molar-refractivity contribution < 1.29 is 4.74 Å². The average molecular weight is 159 g/mol. The summed E-state index contributed by atoms with van der Waals surface area (Å²) in [6.07, 6.45) is 0.737. The molecule has 0 spiro atoms. The van der Waals surface area contributed by atoms with Gasteiger partial charge >= 0.3 is 0 Å². The highest BCUT2D eigenvalue weighted by Crippen LogP contribution is 2.12. The minimum absolute atomic E-state index is 0.737. The van der Waals surface area contributed by atoms with Crippen LogP contribution in [0.15, 0.2) is 24.3 Å². The smallest absolute Gasteiger partial charge is 0.119 e. The van der Waals surface area contributed by atoms with E-state index in [1.165, 1.54) is 0 Å². The van der Waals surface area contributed by atoms with Crippen LogP contribution in [0.5, 0.6) is 5.75 Å². The van der Waals surface area contributed by atoms with E-state index in [9.17, 15) is 0 Å². The van der Waals surface area contributed by atoms with Gasteiger partial charge in [-0.3, -0.25) is 0 Å². The first-order chi connectivity index (χ1) is 5.86. The molecule has 61 valence electrons. The Morgan fingerprint density at radius 3 is 3.00 bits per heavy atom. The maximum absolute atomic E-state index is 5.07. The van der Waals surface area contributed by atoms with Crippen LogP contribution in [0.3, 0.4) is 0 Å². The fourth-order valence-electron chi connectivity index (χ4n) is 0.947. The van der Waals surface area contributed by atoms with E-state index in [-0.39, 0.29) is 0 Å². The zero-order chi connectivity index (χ0) is 8.81. The van der Waals surface area contributed by atoms with Gasteiger partial charge in [0, 0.05) is 13.3 Å². The van der Waals surface area contributed by atoms with Crippen LogP contribution in [0.25, 0.3) is 0 Å². The van der Waals surface area contributed by atoms with Crippen LogP contribution in [-0.4, -0.2) is 7.11 Å². The van der Waals surface area contributed by atoms with Crippen LogP contribution in [0.1, 0.15) is 5.56 Å². The monoisotopic (exact) mass is 159 g/mol. The van der Waals surface area contributed by atoms with E-state index < -0.39 is 0 Å². The van der Waals surface area contributed by atoms with Crippen LogP contribution in [0.2, 0.25) is 0 Å². The van der Waals surface area contributed by atoms with E-state index in [0.29, 0.717) is 0 Å². The van der Waals surface area contributed by atoms with E-state index in [0.717, 1.165) is 17.7 Å². The van der Waals surface area contributed by atoms with Gasteiger partial charge in [-0.05, 0) is 17.7 Å². The highest BCUT2D eigenvalue weighted by molar-refractivity contribution is 5.30. The molecule has 0 heterocycles. The maximum atomic E-state index is 5.07. The molecule has 0 N–H and O–H groups in total. The van der Waals surface area contributed by atoms with Gasteiger partial charge < -0.3 is 4.74 Å². The van der Waals surface area contributed by atoms with E-state index in [4.69, 9.17) is 4.74 Å². The molecule has 1 heteroatoms. The number of benzene rings is 1. The minimum atomic E-state index is 0.737. The molecule has 1 radical (unpaired) electrons. The van der Waals surface area contributed by atoms with Crippen molar-refractivity contribution in [3.8, 4) is 17.6 Å². The van der Waals surface area contributed by atoms with Gasteiger partial charge in [0.15, 0.2) is 0 Å². The van der Waals surface area contributed by atoms with E-state index in [1.54, 1.807) is 7.11 Å². The van der Waals surface area contributed by atoms with E-state index in [2.05, 4.69) is 18.8 Å². The molecule has 1 aromatic rings. The maximum Gasteiger partial charge on any atom is 0.119 e. The van der Waals surface area contributed by atoms with Crippen LogP contribution in [0.4, 0.5) is 0 Å². The van der Waals surface area contributed by atoms with Crippen LogP contribution in [-0.2, 0) is 6.42 Å². The van der Waals surface area contributed by atoms with Crippen molar-refractivity contribution in [2.24, 2.45) is 0 Å². The quantitative estimate of drug-likeness (QED) is 0.600. The molecular formula is C11H11O. The normalized spacial score (nSPS) is 8.50. The molecule has 1 rings (SSSR count). The largest absolute Gasteiger partial charge is 0.497 e. The predicted octanol–water partition coefficient (Wildman–Crippen LogP) is 2.08. The second-order valence-corrected chi connectivity index (χ2v) is 2.38. The number of hydrogen-bond donors (Lipinski definition) is 0. The number of ether oxygens (including phenoxy) is 1. The Hall–Kier alpha value is -1.42. The summed E-state index contributed by atoms with van der Waals surface area (Å²) in [6.45, 7) is 3.45.